The second-order valence-corrected chi connectivity index (χ2v) is 6.78. The van der Waals surface area contributed by atoms with Crippen LogP contribution in [0.1, 0.15) is 45.1 Å². The quantitative estimate of drug-likeness (QED) is 0.764. The molecule has 0 aliphatic heterocycles. The van der Waals surface area contributed by atoms with Crippen LogP contribution in [-0.2, 0) is 9.53 Å². The Morgan fingerprint density at radius 2 is 2.19 bits per heavy atom. The van der Waals surface area contributed by atoms with Gasteiger partial charge in [-0.1, -0.05) is 0 Å². The predicted molar refractivity (Wildman–Crippen MR) is 84.3 cm³/mol. The Morgan fingerprint density at radius 1 is 1.43 bits per heavy atom. The van der Waals surface area contributed by atoms with Gasteiger partial charge in [-0.05, 0) is 68.5 Å². The van der Waals surface area contributed by atoms with Crippen molar-refractivity contribution in [2.45, 2.75) is 58.7 Å². The van der Waals surface area contributed by atoms with E-state index in [1.165, 1.54) is 0 Å². The molecule has 0 bridgehead atoms. The molecule has 0 radical (unpaired) electrons. The van der Waals surface area contributed by atoms with Gasteiger partial charge in [0.2, 0.25) is 5.88 Å². The maximum absolute atomic E-state index is 12.0. The molecule has 0 N–H and O–H groups in total. The largest absolute Gasteiger partial charge is 0.474 e. The third kappa shape index (κ3) is 4.70. The monoisotopic (exact) mass is 355 g/mol. The van der Waals surface area contributed by atoms with Crippen molar-refractivity contribution in [2.24, 2.45) is 5.92 Å². The summed E-state index contributed by atoms with van der Waals surface area (Å²) in [6, 6.07) is 1.98. The molecule has 1 aliphatic carbocycles. The van der Waals surface area contributed by atoms with E-state index in [-0.39, 0.29) is 24.1 Å². The van der Waals surface area contributed by atoms with Gasteiger partial charge in [0.25, 0.3) is 0 Å². The first kappa shape index (κ1) is 16.3. The molecule has 0 saturated heterocycles. The van der Waals surface area contributed by atoms with Crippen LogP contribution < -0.4 is 4.74 Å². The lowest BCUT2D eigenvalue weighted by Crippen LogP contribution is -2.32. The van der Waals surface area contributed by atoms with Gasteiger partial charge in [0.1, 0.15) is 6.10 Å². The van der Waals surface area contributed by atoms with Crippen LogP contribution in [0, 0.1) is 12.8 Å². The van der Waals surface area contributed by atoms with Crippen LogP contribution in [0.5, 0.6) is 5.88 Å². The van der Waals surface area contributed by atoms with E-state index in [1.54, 1.807) is 6.20 Å². The van der Waals surface area contributed by atoms with Gasteiger partial charge in [-0.3, -0.25) is 4.79 Å². The molecule has 4 nitrogen and oxygen atoms in total. The number of hydrogen-bond donors (Lipinski definition) is 0. The van der Waals surface area contributed by atoms with Crippen molar-refractivity contribution in [3.63, 3.8) is 0 Å². The van der Waals surface area contributed by atoms with Crippen molar-refractivity contribution in [1.82, 2.24) is 4.98 Å². The van der Waals surface area contributed by atoms with Crippen molar-refractivity contribution in [3.8, 4) is 5.88 Å². The Hall–Kier alpha value is -1.10. The molecule has 0 amide bonds. The SMILES string of the molecule is Cc1cc(Br)cnc1O[C@H]1CCC[C@H](C(=O)OC(C)C)C1. The maximum atomic E-state index is 12.0. The predicted octanol–water partition coefficient (Wildman–Crippen LogP) is 4.04. The summed E-state index contributed by atoms with van der Waals surface area (Å²) in [5, 5.41) is 0. The molecule has 1 saturated carbocycles. The highest BCUT2D eigenvalue weighted by Crippen LogP contribution is 2.30. The number of hydrogen-bond acceptors (Lipinski definition) is 4. The van der Waals surface area contributed by atoms with Crippen molar-refractivity contribution >= 4 is 21.9 Å². The molecule has 1 fully saturated rings. The van der Waals surface area contributed by atoms with Crippen molar-refractivity contribution in [1.29, 1.82) is 0 Å². The standard InChI is InChI=1S/C16H22BrNO3/c1-10(2)20-16(19)12-5-4-6-14(8-12)21-15-11(3)7-13(17)9-18-15/h7,9-10,12,14H,4-6,8H2,1-3H3/t12-,14-/m0/s1. The number of rotatable bonds is 4. The van der Waals surface area contributed by atoms with E-state index >= 15 is 0 Å². The van der Waals surface area contributed by atoms with E-state index in [4.69, 9.17) is 9.47 Å². The van der Waals surface area contributed by atoms with E-state index < -0.39 is 0 Å². The molecule has 1 heterocycles. The Morgan fingerprint density at radius 3 is 2.86 bits per heavy atom. The maximum Gasteiger partial charge on any atom is 0.309 e. The van der Waals surface area contributed by atoms with Crippen LogP contribution in [0.4, 0.5) is 0 Å². The minimum absolute atomic E-state index is 0.0378. The summed E-state index contributed by atoms with van der Waals surface area (Å²) in [7, 11) is 0. The molecule has 5 heteroatoms. The molecule has 1 aromatic heterocycles. The van der Waals surface area contributed by atoms with E-state index in [0.717, 1.165) is 29.3 Å². The van der Waals surface area contributed by atoms with Crippen LogP contribution in [0.25, 0.3) is 0 Å². The Bertz CT molecular complexity index is 504. The third-order valence-electron chi connectivity index (χ3n) is 3.59. The number of aryl methyl sites for hydroxylation is 1. The second kappa shape index (κ2) is 7.25. The van der Waals surface area contributed by atoms with Gasteiger partial charge in [0.15, 0.2) is 0 Å². The summed E-state index contributed by atoms with van der Waals surface area (Å²) >= 11 is 3.39. The van der Waals surface area contributed by atoms with Crippen LogP contribution in [0.2, 0.25) is 0 Å². The number of ether oxygens (including phenoxy) is 2. The van der Waals surface area contributed by atoms with Crippen LogP contribution in [0.15, 0.2) is 16.7 Å². The molecule has 0 aromatic carbocycles. The van der Waals surface area contributed by atoms with Crippen LogP contribution >= 0.6 is 15.9 Å². The first-order chi connectivity index (χ1) is 9.95. The molecule has 2 atom stereocenters. The minimum Gasteiger partial charge on any atom is -0.474 e. The fraction of sp³-hybridized carbons (Fsp3) is 0.625. The van der Waals surface area contributed by atoms with Crippen molar-refractivity contribution in [3.05, 3.63) is 22.3 Å². The zero-order valence-corrected chi connectivity index (χ0v) is 14.4. The van der Waals surface area contributed by atoms with Gasteiger partial charge in [-0.15, -0.1) is 0 Å². The summed E-state index contributed by atoms with van der Waals surface area (Å²) in [4.78, 5) is 16.3. The number of esters is 1. The molecule has 21 heavy (non-hydrogen) atoms. The molecular formula is C16H22BrNO3. The van der Waals surface area contributed by atoms with E-state index in [2.05, 4.69) is 20.9 Å². The Balaban J connectivity index is 1.96. The lowest BCUT2D eigenvalue weighted by Gasteiger charge is -2.28. The zero-order valence-electron chi connectivity index (χ0n) is 12.8. The molecule has 0 spiro atoms. The summed E-state index contributed by atoms with van der Waals surface area (Å²) in [5.41, 5.74) is 0.997. The number of halogens is 1. The highest BCUT2D eigenvalue weighted by Gasteiger charge is 2.30. The zero-order chi connectivity index (χ0) is 15.4. The second-order valence-electron chi connectivity index (χ2n) is 5.86. The lowest BCUT2D eigenvalue weighted by molar-refractivity contribution is -0.154. The van der Waals surface area contributed by atoms with Gasteiger partial charge >= 0.3 is 5.97 Å². The third-order valence-corrected chi connectivity index (χ3v) is 4.02. The lowest BCUT2D eigenvalue weighted by atomic mass is 9.87. The van der Waals surface area contributed by atoms with E-state index in [1.807, 2.05) is 26.8 Å². The normalized spacial score (nSPS) is 22.1. The average molecular weight is 356 g/mol. The molecule has 1 aromatic rings. The van der Waals surface area contributed by atoms with Gasteiger partial charge in [-0.2, -0.15) is 0 Å². The topological polar surface area (TPSA) is 48.4 Å². The van der Waals surface area contributed by atoms with Crippen LogP contribution in [-0.4, -0.2) is 23.2 Å². The molecule has 2 rings (SSSR count). The van der Waals surface area contributed by atoms with Crippen molar-refractivity contribution in [2.75, 3.05) is 0 Å². The molecule has 1 aliphatic rings. The number of nitrogens with zero attached hydrogens (tertiary/aromatic N) is 1. The summed E-state index contributed by atoms with van der Waals surface area (Å²) in [6.07, 6.45) is 5.25. The fourth-order valence-corrected chi connectivity index (χ4v) is 3.05. The summed E-state index contributed by atoms with van der Waals surface area (Å²) in [6.45, 7) is 5.73. The minimum atomic E-state index is -0.0983. The van der Waals surface area contributed by atoms with E-state index in [0.29, 0.717) is 12.3 Å². The van der Waals surface area contributed by atoms with Gasteiger partial charge in [0.05, 0.1) is 12.0 Å². The number of carbonyl (C=O) groups is 1. The first-order valence-corrected chi connectivity index (χ1v) is 8.24. The Kier molecular flexibility index (Phi) is 5.62. The van der Waals surface area contributed by atoms with Gasteiger partial charge < -0.3 is 9.47 Å². The van der Waals surface area contributed by atoms with E-state index in [9.17, 15) is 4.79 Å². The van der Waals surface area contributed by atoms with Crippen LogP contribution in [0.3, 0.4) is 0 Å². The highest BCUT2D eigenvalue weighted by molar-refractivity contribution is 9.10. The summed E-state index contributed by atoms with van der Waals surface area (Å²) in [5.74, 6) is 0.502. The average Bonchev–Trinajstić information content (AvgIpc) is 2.41. The number of aromatic nitrogens is 1. The van der Waals surface area contributed by atoms with Gasteiger partial charge in [0, 0.05) is 16.2 Å². The molecule has 116 valence electrons. The number of pyridine rings is 1. The highest BCUT2D eigenvalue weighted by atomic mass is 79.9. The first-order valence-electron chi connectivity index (χ1n) is 7.45. The Labute approximate surface area is 134 Å². The van der Waals surface area contributed by atoms with Crippen molar-refractivity contribution < 1.29 is 14.3 Å². The van der Waals surface area contributed by atoms with Gasteiger partial charge in [-0.25, -0.2) is 4.98 Å². The summed E-state index contributed by atoms with van der Waals surface area (Å²) < 4.78 is 12.2. The molecule has 0 unspecified atom stereocenters. The smallest absolute Gasteiger partial charge is 0.309 e. The molecular weight excluding hydrogens is 334 g/mol. The fourth-order valence-electron chi connectivity index (χ4n) is 2.60. The number of carbonyl (C=O) groups excluding carboxylic acids is 1.